The van der Waals surface area contributed by atoms with Crippen molar-refractivity contribution in [3.8, 4) is 11.4 Å². The van der Waals surface area contributed by atoms with E-state index in [1.807, 2.05) is 25.1 Å². The van der Waals surface area contributed by atoms with Crippen molar-refractivity contribution in [2.75, 3.05) is 0 Å². The maximum atomic E-state index is 13.0. The van der Waals surface area contributed by atoms with Gasteiger partial charge in [0.15, 0.2) is 0 Å². The molecule has 1 amide bonds. The van der Waals surface area contributed by atoms with Gasteiger partial charge < -0.3 is 5.32 Å². The van der Waals surface area contributed by atoms with E-state index >= 15 is 0 Å². The van der Waals surface area contributed by atoms with Crippen LogP contribution in [0.5, 0.6) is 0 Å². The molecule has 0 spiro atoms. The topological polar surface area (TPSA) is 54.9 Å². The van der Waals surface area contributed by atoms with Gasteiger partial charge in [0.2, 0.25) is 0 Å². The first-order valence-electron chi connectivity index (χ1n) is 7.57. The SMILES string of the molecule is C[C@H](NC(=O)c1ccnc(-c2ccccn2)c1)c1ccc(F)cc1. The molecule has 1 atom stereocenters. The lowest BCUT2D eigenvalue weighted by Crippen LogP contribution is -2.26. The van der Waals surface area contributed by atoms with Crippen LogP contribution in [-0.2, 0) is 0 Å². The molecule has 3 aromatic rings. The van der Waals surface area contributed by atoms with Gasteiger partial charge in [-0.3, -0.25) is 14.8 Å². The summed E-state index contributed by atoms with van der Waals surface area (Å²) in [4.78, 5) is 20.9. The van der Waals surface area contributed by atoms with Gasteiger partial charge in [0.1, 0.15) is 5.82 Å². The molecule has 0 aliphatic rings. The Kier molecular flexibility index (Phi) is 4.61. The second kappa shape index (κ2) is 7.00. The van der Waals surface area contributed by atoms with Crippen LogP contribution in [0.2, 0.25) is 0 Å². The zero-order valence-electron chi connectivity index (χ0n) is 13.1. The smallest absolute Gasteiger partial charge is 0.251 e. The molecule has 0 unspecified atom stereocenters. The lowest BCUT2D eigenvalue weighted by molar-refractivity contribution is 0.0940. The summed E-state index contributed by atoms with van der Waals surface area (Å²) in [6, 6.07) is 14.7. The number of benzene rings is 1. The van der Waals surface area contributed by atoms with Crippen LogP contribution in [0.3, 0.4) is 0 Å². The van der Waals surface area contributed by atoms with Crippen LogP contribution in [0.4, 0.5) is 4.39 Å². The van der Waals surface area contributed by atoms with Crippen molar-refractivity contribution >= 4 is 5.91 Å². The summed E-state index contributed by atoms with van der Waals surface area (Å²) in [7, 11) is 0. The first-order chi connectivity index (χ1) is 11.6. The van der Waals surface area contributed by atoms with Crippen molar-refractivity contribution in [1.29, 1.82) is 0 Å². The van der Waals surface area contributed by atoms with Gasteiger partial charge in [-0.05, 0) is 48.9 Å². The van der Waals surface area contributed by atoms with Gasteiger partial charge in [0, 0.05) is 18.0 Å². The Hall–Kier alpha value is -3.08. The third-order valence-corrected chi connectivity index (χ3v) is 3.67. The minimum absolute atomic E-state index is 0.216. The van der Waals surface area contributed by atoms with E-state index in [1.165, 1.54) is 12.1 Å². The zero-order chi connectivity index (χ0) is 16.9. The summed E-state index contributed by atoms with van der Waals surface area (Å²) >= 11 is 0. The molecular weight excluding hydrogens is 305 g/mol. The predicted octanol–water partition coefficient (Wildman–Crippen LogP) is 3.77. The van der Waals surface area contributed by atoms with Crippen LogP contribution in [0.1, 0.15) is 28.9 Å². The third kappa shape index (κ3) is 3.63. The Balaban J connectivity index is 1.77. The van der Waals surface area contributed by atoms with E-state index in [-0.39, 0.29) is 17.8 Å². The van der Waals surface area contributed by atoms with Crippen molar-refractivity contribution in [3.63, 3.8) is 0 Å². The summed E-state index contributed by atoms with van der Waals surface area (Å²) in [6.07, 6.45) is 3.27. The standard InChI is InChI=1S/C19H16FN3O/c1-13(14-5-7-16(20)8-6-14)23-19(24)15-9-11-22-18(12-15)17-4-2-3-10-21-17/h2-13H,1H3,(H,23,24)/t13-/m0/s1. The maximum Gasteiger partial charge on any atom is 0.251 e. The number of nitrogens with one attached hydrogen (secondary N) is 1. The Morgan fingerprint density at radius 2 is 1.75 bits per heavy atom. The molecule has 0 fully saturated rings. The second-order valence-electron chi connectivity index (χ2n) is 5.39. The van der Waals surface area contributed by atoms with E-state index in [9.17, 15) is 9.18 Å². The Morgan fingerprint density at radius 1 is 1.00 bits per heavy atom. The average Bonchev–Trinajstić information content (AvgIpc) is 2.63. The number of halogens is 1. The van der Waals surface area contributed by atoms with Crippen LogP contribution in [0.25, 0.3) is 11.4 Å². The number of rotatable bonds is 4. The summed E-state index contributed by atoms with van der Waals surface area (Å²) < 4.78 is 13.0. The fraction of sp³-hybridized carbons (Fsp3) is 0.105. The van der Waals surface area contributed by atoms with Crippen LogP contribution in [-0.4, -0.2) is 15.9 Å². The van der Waals surface area contributed by atoms with Gasteiger partial charge in [-0.15, -0.1) is 0 Å². The van der Waals surface area contributed by atoms with Crippen molar-refractivity contribution in [3.05, 3.63) is 83.9 Å². The fourth-order valence-corrected chi connectivity index (χ4v) is 2.34. The van der Waals surface area contributed by atoms with E-state index in [4.69, 9.17) is 0 Å². The molecule has 0 bridgehead atoms. The second-order valence-corrected chi connectivity index (χ2v) is 5.39. The van der Waals surface area contributed by atoms with Crippen LogP contribution < -0.4 is 5.32 Å². The average molecular weight is 321 g/mol. The first-order valence-corrected chi connectivity index (χ1v) is 7.57. The molecule has 1 aromatic carbocycles. The number of carbonyl (C=O) groups excluding carboxylic acids is 1. The largest absolute Gasteiger partial charge is 0.346 e. The summed E-state index contributed by atoms with van der Waals surface area (Å²) in [6.45, 7) is 1.85. The van der Waals surface area contributed by atoms with Crippen LogP contribution in [0.15, 0.2) is 67.0 Å². The van der Waals surface area contributed by atoms with Gasteiger partial charge in [-0.25, -0.2) is 4.39 Å². The Morgan fingerprint density at radius 3 is 2.46 bits per heavy atom. The van der Waals surface area contributed by atoms with Gasteiger partial charge in [-0.2, -0.15) is 0 Å². The van der Waals surface area contributed by atoms with E-state index in [0.717, 1.165) is 5.56 Å². The van der Waals surface area contributed by atoms with Crippen LogP contribution >= 0.6 is 0 Å². The van der Waals surface area contributed by atoms with Gasteiger partial charge in [-0.1, -0.05) is 18.2 Å². The molecule has 0 saturated carbocycles. The number of hydrogen-bond donors (Lipinski definition) is 1. The molecule has 1 N–H and O–H groups in total. The molecule has 2 aromatic heterocycles. The predicted molar refractivity (Wildman–Crippen MR) is 89.7 cm³/mol. The Labute approximate surface area is 139 Å². The van der Waals surface area contributed by atoms with Crippen molar-refractivity contribution < 1.29 is 9.18 Å². The number of pyridine rings is 2. The molecule has 3 rings (SSSR count). The van der Waals surface area contributed by atoms with E-state index in [2.05, 4.69) is 15.3 Å². The van der Waals surface area contributed by atoms with Gasteiger partial charge in [0.25, 0.3) is 5.91 Å². The highest BCUT2D eigenvalue weighted by molar-refractivity contribution is 5.95. The van der Waals surface area contributed by atoms with Gasteiger partial charge >= 0.3 is 0 Å². The Bertz CT molecular complexity index is 835. The highest BCUT2D eigenvalue weighted by atomic mass is 19.1. The molecule has 0 saturated heterocycles. The molecule has 5 heteroatoms. The van der Waals surface area contributed by atoms with Crippen molar-refractivity contribution in [2.24, 2.45) is 0 Å². The first kappa shape index (κ1) is 15.8. The van der Waals surface area contributed by atoms with E-state index in [0.29, 0.717) is 17.0 Å². The van der Waals surface area contributed by atoms with Crippen LogP contribution in [0, 0.1) is 5.82 Å². The molecule has 2 heterocycles. The molecule has 0 radical (unpaired) electrons. The zero-order valence-corrected chi connectivity index (χ0v) is 13.1. The quantitative estimate of drug-likeness (QED) is 0.796. The minimum Gasteiger partial charge on any atom is -0.346 e. The highest BCUT2D eigenvalue weighted by Gasteiger charge is 2.13. The van der Waals surface area contributed by atoms with E-state index in [1.54, 1.807) is 36.7 Å². The van der Waals surface area contributed by atoms with Crippen molar-refractivity contribution in [2.45, 2.75) is 13.0 Å². The lowest BCUT2D eigenvalue weighted by atomic mass is 10.1. The molecule has 0 aliphatic carbocycles. The summed E-state index contributed by atoms with van der Waals surface area (Å²) in [5.41, 5.74) is 2.68. The summed E-state index contributed by atoms with van der Waals surface area (Å²) in [5, 5.41) is 2.90. The fourth-order valence-electron chi connectivity index (χ4n) is 2.34. The minimum atomic E-state index is -0.300. The molecule has 0 aliphatic heterocycles. The molecule has 120 valence electrons. The van der Waals surface area contributed by atoms with E-state index < -0.39 is 0 Å². The normalized spacial score (nSPS) is 11.8. The number of amides is 1. The third-order valence-electron chi connectivity index (χ3n) is 3.67. The monoisotopic (exact) mass is 321 g/mol. The molecule has 4 nitrogen and oxygen atoms in total. The van der Waals surface area contributed by atoms with Crippen molar-refractivity contribution in [1.82, 2.24) is 15.3 Å². The number of hydrogen-bond acceptors (Lipinski definition) is 3. The highest BCUT2D eigenvalue weighted by Crippen LogP contribution is 2.17. The maximum absolute atomic E-state index is 13.0. The molecule has 24 heavy (non-hydrogen) atoms. The van der Waals surface area contributed by atoms with Gasteiger partial charge in [0.05, 0.1) is 17.4 Å². The number of carbonyl (C=O) groups is 1. The number of aromatic nitrogens is 2. The lowest BCUT2D eigenvalue weighted by Gasteiger charge is -2.14. The number of nitrogens with zero attached hydrogens (tertiary/aromatic N) is 2. The molecular formula is C19H16FN3O. The summed E-state index contributed by atoms with van der Waals surface area (Å²) in [5.74, 6) is -0.516.